The summed E-state index contributed by atoms with van der Waals surface area (Å²) in [5.74, 6) is 0. The van der Waals surface area contributed by atoms with Crippen LogP contribution in [0.1, 0.15) is 31.7 Å². The molecule has 2 rings (SSSR count). The Bertz CT molecular complexity index is 465. The van der Waals surface area contributed by atoms with Crippen molar-refractivity contribution in [1.29, 1.82) is 0 Å². The summed E-state index contributed by atoms with van der Waals surface area (Å²) in [7, 11) is 0. The van der Waals surface area contributed by atoms with Crippen molar-refractivity contribution in [2.45, 2.75) is 39.8 Å². The normalized spacial score (nSPS) is 20.7. The Balaban J connectivity index is 1.92. The molecule has 118 valence electrons. The van der Waals surface area contributed by atoms with Gasteiger partial charge >= 0.3 is 0 Å². The molecule has 1 aliphatic heterocycles. The second kappa shape index (κ2) is 7.73. The van der Waals surface area contributed by atoms with E-state index in [1.807, 2.05) is 6.92 Å². The highest BCUT2D eigenvalue weighted by Crippen LogP contribution is 2.15. The van der Waals surface area contributed by atoms with Crippen LogP contribution in [0.2, 0.25) is 0 Å². The predicted octanol–water partition coefficient (Wildman–Crippen LogP) is 1.55. The minimum absolute atomic E-state index is 0.255. The largest absolute Gasteiger partial charge is 0.396 e. The monoisotopic (exact) mass is 292 g/mol. The van der Waals surface area contributed by atoms with E-state index in [2.05, 4.69) is 46.0 Å². The van der Waals surface area contributed by atoms with E-state index in [1.54, 1.807) is 0 Å². The van der Waals surface area contributed by atoms with Crippen molar-refractivity contribution < 1.29 is 5.11 Å². The topological polar surface area (TPSA) is 55.4 Å². The molecule has 0 amide bonds. The van der Waals surface area contributed by atoms with Crippen molar-refractivity contribution in [3.63, 3.8) is 0 Å². The third-order valence-corrected chi connectivity index (χ3v) is 4.03. The van der Waals surface area contributed by atoms with Gasteiger partial charge in [-0.3, -0.25) is 14.9 Å². The van der Waals surface area contributed by atoms with Gasteiger partial charge in [-0.05, 0) is 33.3 Å². The molecule has 0 saturated carbocycles. The van der Waals surface area contributed by atoms with Crippen LogP contribution in [0.3, 0.4) is 0 Å². The van der Waals surface area contributed by atoms with Gasteiger partial charge in [-0.2, -0.15) is 5.10 Å². The highest BCUT2D eigenvalue weighted by molar-refractivity contribution is 5.07. The minimum atomic E-state index is 0.255. The van der Waals surface area contributed by atoms with Crippen molar-refractivity contribution >= 4 is 0 Å². The average molecular weight is 292 g/mol. The maximum atomic E-state index is 9.32. The second-order valence-electron chi connectivity index (χ2n) is 6.22. The zero-order valence-corrected chi connectivity index (χ0v) is 13.5. The van der Waals surface area contributed by atoms with Gasteiger partial charge in [-0.15, -0.1) is 0 Å². The Morgan fingerprint density at radius 1 is 1.48 bits per heavy atom. The molecule has 2 heterocycles. The molecule has 0 bridgehead atoms. The van der Waals surface area contributed by atoms with Crippen LogP contribution < -0.4 is 0 Å². The molecule has 2 N–H and O–H groups in total. The number of nitrogens with zero attached hydrogens (tertiary/aromatic N) is 3. The molecule has 5 nitrogen and oxygen atoms in total. The van der Waals surface area contributed by atoms with Gasteiger partial charge in [0.1, 0.15) is 0 Å². The SMILES string of the molecule is CC(C)=CCN1CCN(Cc2cc(C)[nH]n2)C[C@@H]1CCO. The van der Waals surface area contributed by atoms with Gasteiger partial charge in [-0.25, -0.2) is 0 Å². The Labute approximate surface area is 127 Å². The quantitative estimate of drug-likeness (QED) is 0.781. The Hall–Kier alpha value is -1.17. The van der Waals surface area contributed by atoms with E-state index in [0.717, 1.165) is 50.5 Å². The van der Waals surface area contributed by atoms with Crippen LogP contribution >= 0.6 is 0 Å². The first-order valence-corrected chi connectivity index (χ1v) is 7.80. The number of rotatable bonds is 6. The summed E-state index contributed by atoms with van der Waals surface area (Å²) in [5.41, 5.74) is 3.57. The number of aromatic nitrogens is 2. The number of aromatic amines is 1. The number of piperazine rings is 1. The lowest BCUT2D eigenvalue weighted by molar-refractivity contribution is 0.0630. The Morgan fingerprint density at radius 2 is 2.29 bits per heavy atom. The number of aryl methyl sites for hydroxylation is 1. The second-order valence-corrected chi connectivity index (χ2v) is 6.22. The molecule has 5 heteroatoms. The van der Waals surface area contributed by atoms with Crippen LogP contribution in [-0.2, 0) is 6.54 Å². The first-order chi connectivity index (χ1) is 10.1. The lowest BCUT2D eigenvalue weighted by Gasteiger charge is -2.40. The van der Waals surface area contributed by atoms with Crippen LogP contribution in [0.5, 0.6) is 0 Å². The van der Waals surface area contributed by atoms with E-state index >= 15 is 0 Å². The Kier molecular flexibility index (Phi) is 5.96. The first kappa shape index (κ1) is 16.2. The predicted molar refractivity (Wildman–Crippen MR) is 85.1 cm³/mol. The van der Waals surface area contributed by atoms with E-state index in [0.29, 0.717) is 6.04 Å². The summed E-state index contributed by atoms with van der Waals surface area (Å²) in [5, 5.41) is 16.6. The summed E-state index contributed by atoms with van der Waals surface area (Å²) in [6.45, 7) is 11.6. The van der Waals surface area contributed by atoms with Crippen molar-refractivity contribution in [2.24, 2.45) is 0 Å². The maximum Gasteiger partial charge on any atom is 0.0765 e. The summed E-state index contributed by atoms with van der Waals surface area (Å²) in [6, 6.07) is 2.54. The molecule has 0 radical (unpaired) electrons. The summed E-state index contributed by atoms with van der Waals surface area (Å²) >= 11 is 0. The number of H-pyrrole nitrogens is 1. The lowest BCUT2D eigenvalue weighted by atomic mass is 10.1. The molecule has 0 spiro atoms. The number of aliphatic hydroxyl groups excluding tert-OH is 1. The zero-order chi connectivity index (χ0) is 15.2. The molecular formula is C16H28N4O. The van der Waals surface area contributed by atoms with Crippen LogP contribution in [0.4, 0.5) is 0 Å². The fourth-order valence-electron chi connectivity index (χ4n) is 2.85. The van der Waals surface area contributed by atoms with E-state index in [4.69, 9.17) is 0 Å². The molecule has 1 aromatic rings. The van der Waals surface area contributed by atoms with E-state index in [1.165, 1.54) is 5.57 Å². The van der Waals surface area contributed by atoms with Crippen molar-refractivity contribution in [3.05, 3.63) is 29.1 Å². The fourth-order valence-corrected chi connectivity index (χ4v) is 2.85. The standard InChI is InChI=1S/C16H28N4O/c1-13(2)4-6-20-8-7-19(12-16(20)5-9-21)11-15-10-14(3)17-18-15/h4,10,16,21H,5-9,11-12H2,1-3H3,(H,17,18)/t16-/m0/s1. The van der Waals surface area contributed by atoms with Crippen LogP contribution in [0, 0.1) is 6.92 Å². The minimum Gasteiger partial charge on any atom is -0.396 e. The van der Waals surface area contributed by atoms with Gasteiger partial charge in [0.15, 0.2) is 0 Å². The molecule has 1 aromatic heterocycles. The van der Waals surface area contributed by atoms with Crippen LogP contribution in [0.25, 0.3) is 0 Å². The van der Waals surface area contributed by atoms with Gasteiger partial charge in [0.25, 0.3) is 0 Å². The van der Waals surface area contributed by atoms with Gasteiger partial charge in [-0.1, -0.05) is 11.6 Å². The zero-order valence-electron chi connectivity index (χ0n) is 13.5. The van der Waals surface area contributed by atoms with E-state index in [-0.39, 0.29) is 6.61 Å². The number of aliphatic hydroxyl groups is 1. The maximum absolute atomic E-state index is 9.32. The van der Waals surface area contributed by atoms with Crippen molar-refractivity contribution in [3.8, 4) is 0 Å². The molecule has 1 saturated heterocycles. The fraction of sp³-hybridized carbons (Fsp3) is 0.688. The number of hydrogen-bond donors (Lipinski definition) is 2. The van der Waals surface area contributed by atoms with Crippen molar-refractivity contribution in [2.75, 3.05) is 32.8 Å². The molecule has 21 heavy (non-hydrogen) atoms. The highest BCUT2D eigenvalue weighted by Gasteiger charge is 2.26. The summed E-state index contributed by atoms with van der Waals surface area (Å²) in [4.78, 5) is 4.92. The first-order valence-electron chi connectivity index (χ1n) is 7.80. The average Bonchev–Trinajstić information content (AvgIpc) is 2.83. The lowest BCUT2D eigenvalue weighted by Crippen LogP contribution is -2.53. The molecule has 0 aromatic carbocycles. The third-order valence-electron chi connectivity index (χ3n) is 4.03. The number of hydrogen-bond acceptors (Lipinski definition) is 4. The van der Waals surface area contributed by atoms with Crippen LogP contribution in [-0.4, -0.2) is 63.9 Å². The Morgan fingerprint density at radius 3 is 2.90 bits per heavy atom. The third kappa shape index (κ3) is 4.95. The van der Waals surface area contributed by atoms with Gasteiger partial charge in [0.2, 0.25) is 0 Å². The molecule has 0 unspecified atom stereocenters. The number of allylic oxidation sites excluding steroid dienone is 1. The molecule has 1 atom stereocenters. The van der Waals surface area contributed by atoms with E-state index in [9.17, 15) is 5.11 Å². The van der Waals surface area contributed by atoms with Gasteiger partial charge in [0.05, 0.1) is 5.69 Å². The molecule has 1 aliphatic rings. The highest BCUT2D eigenvalue weighted by atomic mass is 16.3. The summed E-state index contributed by atoms with van der Waals surface area (Å²) in [6.07, 6.45) is 3.11. The molecule has 1 fully saturated rings. The van der Waals surface area contributed by atoms with Gasteiger partial charge in [0, 0.05) is 51.1 Å². The van der Waals surface area contributed by atoms with Crippen molar-refractivity contribution in [1.82, 2.24) is 20.0 Å². The molecule has 0 aliphatic carbocycles. The number of nitrogens with one attached hydrogen (secondary N) is 1. The van der Waals surface area contributed by atoms with E-state index < -0.39 is 0 Å². The molecular weight excluding hydrogens is 264 g/mol. The van der Waals surface area contributed by atoms with Crippen LogP contribution in [0.15, 0.2) is 17.7 Å². The summed E-state index contributed by atoms with van der Waals surface area (Å²) < 4.78 is 0. The smallest absolute Gasteiger partial charge is 0.0765 e. The van der Waals surface area contributed by atoms with Gasteiger partial charge < -0.3 is 5.11 Å².